The first kappa shape index (κ1) is 16.6. The Morgan fingerprint density at radius 2 is 2.33 bits per heavy atom. The average molecular weight is 338 g/mol. The Bertz CT molecular complexity index is 590. The number of hydrogen-bond donors (Lipinski definition) is 1. The molecule has 0 aromatic heterocycles. The molecular weight excluding hydrogens is 321 g/mol. The van der Waals surface area contributed by atoms with Gasteiger partial charge in [-0.25, -0.2) is 17.5 Å². The second kappa shape index (κ2) is 7.02. The highest BCUT2D eigenvalue weighted by molar-refractivity contribution is 7.89. The van der Waals surface area contributed by atoms with Crippen LogP contribution in [-0.4, -0.2) is 40.4 Å². The summed E-state index contributed by atoms with van der Waals surface area (Å²) in [5.74, 6) is -0.882. The van der Waals surface area contributed by atoms with Crippen molar-refractivity contribution in [2.75, 3.05) is 19.8 Å². The van der Waals surface area contributed by atoms with Gasteiger partial charge >= 0.3 is 0 Å². The van der Waals surface area contributed by atoms with Gasteiger partial charge in [-0.05, 0) is 31.5 Å². The Kier molecular flexibility index (Phi) is 5.56. The highest BCUT2D eigenvalue weighted by Gasteiger charge is 2.23. The molecular formula is C13H17ClFNO4S. The SMILES string of the molecule is CC(COC1CCOC1)NS(=O)(=O)c1ccc(Cl)cc1F. The van der Waals surface area contributed by atoms with Gasteiger partial charge in [0.05, 0.1) is 19.3 Å². The van der Waals surface area contributed by atoms with Crippen LogP contribution >= 0.6 is 11.6 Å². The second-order valence-electron chi connectivity index (χ2n) is 4.92. The quantitative estimate of drug-likeness (QED) is 0.861. The standard InChI is InChI=1S/C13H17ClFNO4S/c1-9(7-20-11-4-5-19-8-11)16-21(17,18)13-3-2-10(14)6-12(13)15/h2-3,6,9,11,16H,4-5,7-8H2,1H3. The predicted molar refractivity (Wildman–Crippen MR) is 76.4 cm³/mol. The molecule has 0 spiro atoms. The van der Waals surface area contributed by atoms with Crippen molar-refractivity contribution in [3.8, 4) is 0 Å². The van der Waals surface area contributed by atoms with Crippen LogP contribution in [0.1, 0.15) is 13.3 Å². The molecule has 1 aliphatic heterocycles. The van der Waals surface area contributed by atoms with E-state index in [1.165, 1.54) is 6.07 Å². The third-order valence-corrected chi connectivity index (χ3v) is 4.87. The summed E-state index contributed by atoms with van der Waals surface area (Å²) in [6.45, 7) is 3.02. The van der Waals surface area contributed by atoms with E-state index in [0.717, 1.165) is 18.6 Å². The summed E-state index contributed by atoms with van der Waals surface area (Å²) in [7, 11) is -3.95. The van der Waals surface area contributed by atoms with Gasteiger partial charge in [-0.3, -0.25) is 0 Å². The van der Waals surface area contributed by atoms with Crippen molar-refractivity contribution in [1.29, 1.82) is 0 Å². The van der Waals surface area contributed by atoms with Gasteiger partial charge in [0.1, 0.15) is 10.7 Å². The Morgan fingerprint density at radius 1 is 1.57 bits per heavy atom. The smallest absolute Gasteiger partial charge is 0.243 e. The fraction of sp³-hybridized carbons (Fsp3) is 0.538. The zero-order chi connectivity index (χ0) is 15.5. The van der Waals surface area contributed by atoms with Crippen molar-refractivity contribution in [2.24, 2.45) is 0 Å². The van der Waals surface area contributed by atoms with Crippen LogP contribution < -0.4 is 4.72 Å². The van der Waals surface area contributed by atoms with Crippen LogP contribution in [-0.2, 0) is 19.5 Å². The molecule has 1 aromatic carbocycles. The normalized spacial score (nSPS) is 20.6. The van der Waals surface area contributed by atoms with Crippen molar-refractivity contribution in [3.05, 3.63) is 29.0 Å². The number of sulfonamides is 1. The van der Waals surface area contributed by atoms with Crippen LogP contribution in [0.5, 0.6) is 0 Å². The van der Waals surface area contributed by atoms with Gasteiger partial charge in [-0.2, -0.15) is 0 Å². The minimum Gasteiger partial charge on any atom is -0.379 e. The first-order chi connectivity index (χ1) is 9.88. The molecule has 1 fully saturated rings. The fourth-order valence-corrected chi connectivity index (χ4v) is 3.43. The molecule has 1 heterocycles. The van der Waals surface area contributed by atoms with Crippen LogP contribution in [0.4, 0.5) is 4.39 Å². The maximum Gasteiger partial charge on any atom is 0.243 e. The van der Waals surface area contributed by atoms with Gasteiger partial charge in [0.25, 0.3) is 0 Å². The third-order valence-electron chi connectivity index (χ3n) is 3.01. The van der Waals surface area contributed by atoms with Gasteiger partial charge < -0.3 is 9.47 Å². The first-order valence-electron chi connectivity index (χ1n) is 6.55. The van der Waals surface area contributed by atoms with Gasteiger partial charge in [-0.1, -0.05) is 11.6 Å². The van der Waals surface area contributed by atoms with Gasteiger partial charge in [-0.15, -0.1) is 0 Å². The van der Waals surface area contributed by atoms with Crippen molar-refractivity contribution in [1.82, 2.24) is 4.72 Å². The van der Waals surface area contributed by atoms with E-state index in [-0.39, 0.29) is 17.7 Å². The highest BCUT2D eigenvalue weighted by Crippen LogP contribution is 2.19. The van der Waals surface area contributed by atoms with Crippen LogP contribution in [0.3, 0.4) is 0 Å². The lowest BCUT2D eigenvalue weighted by Crippen LogP contribution is -2.37. The molecule has 21 heavy (non-hydrogen) atoms. The van der Waals surface area contributed by atoms with Crippen LogP contribution in [0.2, 0.25) is 5.02 Å². The van der Waals surface area contributed by atoms with Gasteiger partial charge in [0, 0.05) is 17.7 Å². The maximum atomic E-state index is 13.7. The molecule has 2 unspecified atom stereocenters. The largest absolute Gasteiger partial charge is 0.379 e. The Balaban J connectivity index is 1.96. The fourth-order valence-electron chi connectivity index (χ4n) is 1.98. The Hall–Kier alpha value is -0.730. The van der Waals surface area contributed by atoms with Crippen LogP contribution in [0.25, 0.3) is 0 Å². The molecule has 0 amide bonds. The molecule has 0 radical (unpaired) electrons. The van der Waals surface area contributed by atoms with Crippen molar-refractivity contribution in [2.45, 2.75) is 30.4 Å². The zero-order valence-corrected chi connectivity index (χ0v) is 13.1. The monoisotopic (exact) mass is 337 g/mol. The molecule has 1 saturated heterocycles. The van der Waals surface area contributed by atoms with E-state index in [9.17, 15) is 12.8 Å². The van der Waals surface area contributed by atoms with Crippen molar-refractivity contribution in [3.63, 3.8) is 0 Å². The maximum absolute atomic E-state index is 13.7. The van der Waals surface area contributed by atoms with E-state index in [2.05, 4.69) is 4.72 Å². The van der Waals surface area contributed by atoms with Gasteiger partial charge in [0.2, 0.25) is 10.0 Å². The second-order valence-corrected chi connectivity index (χ2v) is 7.03. The van der Waals surface area contributed by atoms with E-state index in [1.54, 1.807) is 6.92 Å². The summed E-state index contributed by atoms with van der Waals surface area (Å²) in [6, 6.07) is 2.95. The minimum absolute atomic E-state index is 0.00998. The van der Waals surface area contributed by atoms with Crippen molar-refractivity contribution >= 4 is 21.6 Å². The molecule has 118 valence electrons. The number of ether oxygens (including phenoxy) is 2. The number of rotatable bonds is 6. The topological polar surface area (TPSA) is 64.6 Å². The molecule has 0 aliphatic carbocycles. The summed E-state index contributed by atoms with van der Waals surface area (Å²) in [4.78, 5) is -0.428. The van der Waals surface area contributed by atoms with Crippen LogP contribution in [0, 0.1) is 5.82 Å². The van der Waals surface area contributed by atoms with E-state index < -0.39 is 26.8 Å². The van der Waals surface area contributed by atoms with Crippen molar-refractivity contribution < 1.29 is 22.3 Å². The lowest BCUT2D eigenvalue weighted by atomic mass is 10.3. The number of hydrogen-bond acceptors (Lipinski definition) is 4. The van der Waals surface area contributed by atoms with Crippen LogP contribution in [0.15, 0.2) is 23.1 Å². The van der Waals surface area contributed by atoms with Gasteiger partial charge in [0.15, 0.2) is 0 Å². The molecule has 5 nitrogen and oxygen atoms in total. The summed E-state index contributed by atoms with van der Waals surface area (Å²) in [6.07, 6.45) is 0.787. The number of nitrogens with one attached hydrogen (secondary N) is 1. The van der Waals surface area contributed by atoms with E-state index >= 15 is 0 Å². The number of halogens is 2. The molecule has 1 N–H and O–H groups in total. The molecule has 0 bridgehead atoms. The lowest BCUT2D eigenvalue weighted by molar-refractivity contribution is 0.0353. The zero-order valence-electron chi connectivity index (χ0n) is 11.5. The summed E-state index contributed by atoms with van der Waals surface area (Å²) >= 11 is 5.61. The Morgan fingerprint density at radius 3 is 2.95 bits per heavy atom. The molecule has 2 atom stereocenters. The van der Waals surface area contributed by atoms with E-state index in [4.69, 9.17) is 21.1 Å². The minimum atomic E-state index is -3.95. The first-order valence-corrected chi connectivity index (χ1v) is 8.41. The third kappa shape index (κ3) is 4.62. The predicted octanol–water partition coefficient (Wildman–Crippen LogP) is 1.95. The molecule has 1 aromatic rings. The average Bonchev–Trinajstić information content (AvgIpc) is 2.88. The Labute approximate surface area is 128 Å². The summed E-state index contributed by atoms with van der Waals surface area (Å²) in [5, 5.41) is 0.143. The molecule has 2 rings (SSSR count). The molecule has 0 saturated carbocycles. The van der Waals surface area contributed by atoms with E-state index in [0.29, 0.717) is 13.2 Å². The highest BCUT2D eigenvalue weighted by atomic mass is 35.5. The summed E-state index contributed by atoms with van der Waals surface area (Å²) in [5.41, 5.74) is 0. The molecule has 8 heteroatoms. The number of benzene rings is 1. The lowest BCUT2D eigenvalue weighted by Gasteiger charge is -2.17. The van der Waals surface area contributed by atoms with E-state index in [1.807, 2.05) is 0 Å². The molecule has 1 aliphatic rings. The summed E-state index contributed by atoms with van der Waals surface area (Å²) < 4.78 is 50.9.